The number of benzene rings is 2. The molecule has 2 aromatic carbocycles. The molecule has 0 aliphatic heterocycles. The van der Waals surface area contributed by atoms with Crippen molar-refractivity contribution >= 4 is 11.4 Å². The van der Waals surface area contributed by atoms with Gasteiger partial charge in [0.05, 0.1) is 6.54 Å². The molecule has 0 saturated heterocycles. The molecule has 2 heteroatoms. The van der Waals surface area contributed by atoms with Gasteiger partial charge in [-0.25, -0.2) is 0 Å². The lowest BCUT2D eigenvalue weighted by molar-refractivity contribution is 1.34. The molecular weight excluding hydrogens is 244 g/mol. The van der Waals surface area contributed by atoms with Gasteiger partial charge in [0, 0.05) is 17.9 Å². The smallest absolute Gasteiger partial charge is 0.0769 e. The minimum atomic E-state index is 0.653. The van der Waals surface area contributed by atoms with Crippen LogP contribution in [0.2, 0.25) is 0 Å². The Balaban J connectivity index is 1.63. The van der Waals surface area contributed by atoms with Crippen molar-refractivity contribution in [2.24, 2.45) is 0 Å². The molecule has 100 valence electrons. The molecule has 0 unspecified atom stereocenters. The minimum absolute atomic E-state index is 0.653. The maximum absolute atomic E-state index is 3.29. The second kappa shape index (κ2) is 8.44. The van der Waals surface area contributed by atoms with Gasteiger partial charge in [0.1, 0.15) is 0 Å². The van der Waals surface area contributed by atoms with Crippen LogP contribution in [-0.2, 0) is 0 Å². The van der Waals surface area contributed by atoms with Gasteiger partial charge in [0.25, 0.3) is 0 Å². The summed E-state index contributed by atoms with van der Waals surface area (Å²) in [6, 6.07) is 20.2. The first kappa shape index (κ1) is 13.8. The lowest BCUT2D eigenvalue weighted by Crippen LogP contribution is -1.98. The Hall–Kier alpha value is -2.66. The van der Waals surface area contributed by atoms with Crippen molar-refractivity contribution in [2.45, 2.75) is 0 Å². The summed E-state index contributed by atoms with van der Waals surface area (Å²) in [4.78, 5) is 0. The first-order chi connectivity index (χ1) is 9.95. The molecule has 0 aliphatic carbocycles. The fraction of sp³-hybridized carbons (Fsp3) is 0.111. The van der Waals surface area contributed by atoms with Crippen LogP contribution < -0.4 is 10.6 Å². The minimum Gasteiger partial charge on any atom is -0.382 e. The van der Waals surface area contributed by atoms with E-state index in [2.05, 4.69) is 22.5 Å². The van der Waals surface area contributed by atoms with Crippen molar-refractivity contribution in [1.29, 1.82) is 0 Å². The number of anilines is 2. The summed E-state index contributed by atoms with van der Waals surface area (Å²) < 4.78 is 0. The average molecular weight is 262 g/mol. The topological polar surface area (TPSA) is 24.1 Å². The van der Waals surface area contributed by atoms with Gasteiger partial charge in [-0.2, -0.15) is 0 Å². The maximum Gasteiger partial charge on any atom is 0.0769 e. The van der Waals surface area contributed by atoms with Gasteiger partial charge >= 0.3 is 0 Å². The summed E-state index contributed by atoms with van der Waals surface area (Å²) >= 11 is 0. The predicted octanol–water partition coefficient (Wildman–Crippen LogP) is 3.77. The fourth-order valence-electron chi connectivity index (χ4n) is 1.66. The second-order valence-corrected chi connectivity index (χ2v) is 4.19. The number of para-hydroxylation sites is 2. The quantitative estimate of drug-likeness (QED) is 0.801. The van der Waals surface area contributed by atoms with Gasteiger partial charge in [0.15, 0.2) is 0 Å². The Morgan fingerprint density at radius 2 is 1.40 bits per heavy atom. The normalized spacial score (nSPS) is 9.80. The van der Waals surface area contributed by atoms with Crippen LogP contribution in [0.3, 0.4) is 0 Å². The maximum atomic E-state index is 3.29. The number of hydrogen-bond acceptors (Lipinski definition) is 2. The van der Waals surface area contributed by atoms with Gasteiger partial charge in [-0.05, 0) is 30.3 Å². The molecule has 0 fully saturated rings. The van der Waals surface area contributed by atoms with E-state index in [0.717, 1.165) is 17.9 Å². The Kier molecular flexibility index (Phi) is 5.81. The molecule has 2 rings (SSSR count). The van der Waals surface area contributed by atoms with Crippen LogP contribution in [0.15, 0.2) is 72.8 Å². The third-order valence-electron chi connectivity index (χ3n) is 2.66. The number of rotatable bonds is 5. The van der Waals surface area contributed by atoms with Crippen LogP contribution in [-0.4, -0.2) is 13.1 Å². The zero-order valence-corrected chi connectivity index (χ0v) is 11.3. The summed E-state index contributed by atoms with van der Waals surface area (Å²) in [5.74, 6) is 6.07. The van der Waals surface area contributed by atoms with E-state index in [1.807, 2.05) is 72.8 Å². The molecule has 0 saturated carbocycles. The van der Waals surface area contributed by atoms with Gasteiger partial charge in [-0.15, -0.1) is 0 Å². The molecule has 2 nitrogen and oxygen atoms in total. The highest BCUT2D eigenvalue weighted by Gasteiger charge is 1.85. The summed E-state index contributed by atoms with van der Waals surface area (Å²) in [6.07, 6.45) is 3.89. The predicted molar refractivity (Wildman–Crippen MR) is 86.8 cm³/mol. The Morgan fingerprint density at radius 1 is 0.800 bits per heavy atom. The molecule has 0 atom stereocenters. The van der Waals surface area contributed by atoms with Crippen LogP contribution >= 0.6 is 0 Å². The summed E-state index contributed by atoms with van der Waals surface area (Å²) in [5, 5.41) is 6.53. The molecular formula is C18H18N2. The number of hydrogen-bond donors (Lipinski definition) is 2. The monoisotopic (exact) mass is 262 g/mol. The van der Waals surface area contributed by atoms with E-state index in [1.165, 1.54) is 0 Å². The van der Waals surface area contributed by atoms with Gasteiger partial charge in [-0.1, -0.05) is 54.3 Å². The number of allylic oxidation sites excluding steroid dienone is 1. The van der Waals surface area contributed by atoms with Gasteiger partial charge in [0.2, 0.25) is 0 Å². The molecule has 0 aliphatic rings. The van der Waals surface area contributed by atoms with Crippen molar-refractivity contribution < 1.29 is 0 Å². The molecule has 2 aromatic rings. The van der Waals surface area contributed by atoms with Crippen molar-refractivity contribution in [3.63, 3.8) is 0 Å². The highest BCUT2D eigenvalue weighted by Crippen LogP contribution is 2.04. The summed E-state index contributed by atoms with van der Waals surface area (Å²) in [6.45, 7) is 1.44. The van der Waals surface area contributed by atoms with Crippen LogP contribution in [0.1, 0.15) is 0 Å². The Labute approximate surface area is 120 Å². The van der Waals surface area contributed by atoms with E-state index in [1.54, 1.807) is 0 Å². The third kappa shape index (κ3) is 5.32. The Morgan fingerprint density at radius 3 is 2.05 bits per heavy atom. The van der Waals surface area contributed by atoms with Gasteiger partial charge in [-0.3, -0.25) is 0 Å². The fourth-order valence-corrected chi connectivity index (χ4v) is 1.66. The van der Waals surface area contributed by atoms with Crippen LogP contribution in [0.25, 0.3) is 0 Å². The lowest BCUT2D eigenvalue weighted by atomic mass is 10.3. The van der Waals surface area contributed by atoms with E-state index < -0.39 is 0 Å². The largest absolute Gasteiger partial charge is 0.382 e. The first-order valence-corrected chi connectivity index (χ1v) is 6.66. The molecule has 0 heterocycles. The van der Waals surface area contributed by atoms with Crippen LogP contribution in [0.4, 0.5) is 11.4 Å². The van der Waals surface area contributed by atoms with Crippen molar-refractivity contribution in [3.8, 4) is 11.8 Å². The van der Waals surface area contributed by atoms with E-state index in [-0.39, 0.29) is 0 Å². The molecule has 0 spiro atoms. The summed E-state index contributed by atoms with van der Waals surface area (Å²) in [7, 11) is 0. The second-order valence-electron chi connectivity index (χ2n) is 4.19. The van der Waals surface area contributed by atoms with Crippen molar-refractivity contribution in [1.82, 2.24) is 0 Å². The first-order valence-electron chi connectivity index (χ1n) is 6.66. The Bertz CT molecular complexity index is 577. The average Bonchev–Trinajstić information content (AvgIpc) is 2.52. The standard InChI is InChI=1S/C18H18N2/c1(9-15-19-17-11-5-3-6-12-17)2-10-16-20-18-13-7-4-8-14-18/h1,3-9,11-14,19-20H,15-16H2/b9-1+. The van der Waals surface area contributed by atoms with Crippen molar-refractivity contribution in [2.75, 3.05) is 23.7 Å². The third-order valence-corrected chi connectivity index (χ3v) is 2.66. The zero-order chi connectivity index (χ0) is 13.9. The zero-order valence-electron chi connectivity index (χ0n) is 11.3. The van der Waals surface area contributed by atoms with E-state index in [4.69, 9.17) is 0 Å². The molecule has 0 amide bonds. The molecule has 20 heavy (non-hydrogen) atoms. The molecule has 0 aromatic heterocycles. The van der Waals surface area contributed by atoms with Crippen LogP contribution in [0.5, 0.6) is 0 Å². The van der Waals surface area contributed by atoms with Gasteiger partial charge < -0.3 is 10.6 Å². The van der Waals surface area contributed by atoms with E-state index in [9.17, 15) is 0 Å². The van der Waals surface area contributed by atoms with E-state index in [0.29, 0.717) is 6.54 Å². The lowest BCUT2D eigenvalue weighted by Gasteiger charge is -2.00. The highest BCUT2D eigenvalue weighted by molar-refractivity contribution is 5.44. The van der Waals surface area contributed by atoms with E-state index >= 15 is 0 Å². The SMILES string of the molecule is C(#CCNc1ccccc1)/C=C/CNc1ccccc1. The molecule has 2 N–H and O–H groups in total. The summed E-state index contributed by atoms with van der Waals surface area (Å²) in [5.41, 5.74) is 2.22. The van der Waals surface area contributed by atoms with Crippen LogP contribution in [0, 0.1) is 11.8 Å². The molecule has 0 bridgehead atoms. The van der Waals surface area contributed by atoms with Crippen molar-refractivity contribution in [3.05, 3.63) is 72.8 Å². The molecule has 0 radical (unpaired) electrons. The number of nitrogens with one attached hydrogen (secondary N) is 2. The highest BCUT2D eigenvalue weighted by atomic mass is 14.9.